The van der Waals surface area contributed by atoms with Crippen molar-refractivity contribution in [1.82, 2.24) is 4.98 Å². The van der Waals surface area contributed by atoms with Gasteiger partial charge < -0.3 is 4.42 Å². The molecule has 22 heavy (non-hydrogen) atoms. The molecule has 1 aliphatic carbocycles. The van der Waals surface area contributed by atoms with E-state index in [2.05, 4.69) is 53.5 Å². The Labute approximate surface area is 127 Å². The van der Waals surface area contributed by atoms with Crippen LogP contribution in [0.15, 0.2) is 71.8 Å². The van der Waals surface area contributed by atoms with Gasteiger partial charge in [0.1, 0.15) is 0 Å². The number of rotatable bonds is 1. The molecule has 2 heterocycles. The van der Waals surface area contributed by atoms with Crippen LogP contribution in [-0.4, -0.2) is 4.98 Å². The molecule has 0 fully saturated rings. The third-order valence-electron chi connectivity index (χ3n) is 4.54. The van der Waals surface area contributed by atoms with E-state index in [1.54, 1.807) is 6.26 Å². The van der Waals surface area contributed by atoms with Crippen LogP contribution in [0, 0.1) is 0 Å². The van der Waals surface area contributed by atoms with Crippen molar-refractivity contribution < 1.29 is 4.42 Å². The van der Waals surface area contributed by atoms with E-state index in [0.29, 0.717) is 0 Å². The van der Waals surface area contributed by atoms with E-state index >= 15 is 0 Å². The standard InChI is InChI=1S/C20H13NO/c1-3-13-5-2-6-17-16(8-7-14(4-1)20(13)17)18-10-21-9-15-11-22-12-19(15)18/h1-12,16H. The molecule has 0 saturated carbocycles. The molecule has 2 heteroatoms. The van der Waals surface area contributed by atoms with Gasteiger partial charge in [-0.2, -0.15) is 0 Å². The molecule has 0 radical (unpaired) electrons. The Morgan fingerprint density at radius 1 is 0.864 bits per heavy atom. The first-order valence-corrected chi connectivity index (χ1v) is 7.41. The fourth-order valence-corrected chi connectivity index (χ4v) is 3.53. The average Bonchev–Trinajstić information content (AvgIpc) is 3.05. The summed E-state index contributed by atoms with van der Waals surface area (Å²) in [6.45, 7) is 0. The molecule has 2 aromatic heterocycles. The maximum atomic E-state index is 5.37. The van der Waals surface area contributed by atoms with Crippen LogP contribution in [-0.2, 0) is 0 Å². The summed E-state index contributed by atoms with van der Waals surface area (Å²) >= 11 is 0. The molecule has 1 aliphatic rings. The SMILES string of the molecule is C1=CC(c2cncc3cocc23)c2cccc3cccc1c23. The highest BCUT2D eigenvalue weighted by Crippen LogP contribution is 2.40. The summed E-state index contributed by atoms with van der Waals surface area (Å²) in [6, 6.07) is 13.0. The van der Waals surface area contributed by atoms with Crippen LogP contribution in [0.5, 0.6) is 0 Å². The summed E-state index contributed by atoms with van der Waals surface area (Å²) in [5, 5.41) is 4.83. The van der Waals surface area contributed by atoms with Crippen LogP contribution in [0.1, 0.15) is 22.6 Å². The molecule has 0 spiro atoms. The molecular formula is C20H13NO. The lowest BCUT2D eigenvalue weighted by atomic mass is 9.82. The normalized spacial score (nSPS) is 16.5. The van der Waals surface area contributed by atoms with Gasteiger partial charge in [0.2, 0.25) is 0 Å². The predicted molar refractivity (Wildman–Crippen MR) is 88.8 cm³/mol. The highest BCUT2D eigenvalue weighted by Gasteiger charge is 2.21. The lowest BCUT2D eigenvalue weighted by molar-refractivity contribution is 0.572. The third kappa shape index (κ3) is 1.52. The summed E-state index contributed by atoms with van der Waals surface area (Å²) in [4.78, 5) is 4.39. The number of allylic oxidation sites excluding steroid dienone is 1. The van der Waals surface area contributed by atoms with Crippen LogP contribution >= 0.6 is 0 Å². The van der Waals surface area contributed by atoms with E-state index in [-0.39, 0.29) is 5.92 Å². The van der Waals surface area contributed by atoms with E-state index in [9.17, 15) is 0 Å². The Kier molecular flexibility index (Phi) is 2.30. The van der Waals surface area contributed by atoms with E-state index < -0.39 is 0 Å². The smallest absolute Gasteiger partial charge is 0.0996 e. The second-order valence-corrected chi connectivity index (χ2v) is 5.73. The topological polar surface area (TPSA) is 26.0 Å². The number of aromatic nitrogens is 1. The van der Waals surface area contributed by atoms with Crippen LogP contribution in [0.2, 0.25) is 0 Å². The Morgan fingerprint density at radius 3 is 2.73 bits per heavy atom. The van der Waals surface area contributed by atoms with E-state index in [1.165, 1.54) is 27.5 Å². The zero-order valence-electron chi connectivity index (χ0n) is 11.9. The van der Waals surface area contributed by atoms with Crippen molar-refractivity contribution in [3.8, 4) is 0 Å². The highest BCUT2D eigenvalue weighted by atomic mass is 16.3. The van der Waals surface area contributed by atoms with E-state index in [1.807, 2.05) is 18.7 Å². The molecule has 0 saturated heterocycles. The lowest BCUT2D eigenvalue weighted by Crippen LogP contribution is -2.04. The minimum atomic E-state index is 0.215. The third-order valence-corrected chi connectivity index (χ3v) is 4.54. The number of fused-ring (bicyclic) bond motifs is 1. The van der Waals surface area contributed by atoms with Crippen molar-refractivity contribution >= 4 is 27.6 Å². The van der Waals surface area contributed by atoms with Crippen LogP contribution in [0.4, 0.5) is 0 Å². The fourth-order valence-electron chi connectivity index (χ4n) is 3.53. The minimum absolute atomic E-state index is 0.215. The summed E-state index contributed by atoms with van der Waals surface area (Å²) in [7, 11) is 0. The maximum absolute atomic E-state index is 5.37. The molecule has 104 valence electrons. The zero-order chi connectivity index (χ0) is 14.5. The van der Waals surface area contributed by atoms with Crippen LogP contribution in [0.25, 0.3) is 27.6 Å². The van der Waals surface area contributed by atoms with Crippen molar-refractivity contribution in [3.05, 3.63) is 84.1 Å². The Hall–Kier alpha value is -2.87. The van der Waals surface area contributed by atoms with E-state index in [4.69, 9.17) is 4.42 Å². The van der Waals surface area contributed by atoms with Crippen LogP contribution in [0.3, 0.4) is 0 Å². The van der Waals surface area contributed by atoms with Gasteiger partial charge >= 0.3 is 0 Å². The zero-order valence-corrected chi connectivity index (χ0v) is 11.9. The molecule has 0 bridgehead atoms. The van der Waals surface area contributed by atoms with E-state index in [0.717, 1.165) is 10.8 Å². The Bertz CT molecular complexity index is 1040. The molecule has 0 N–H and O–H groups in total. The minimum Gasteiger partial charge on any atom is -0.471 e. The number of benzene rings is 2. The molecule has 4 aromatic rings. The molecular weight excluding hydrogens is 270 g/mol. The van der Waals surface area contributed by atoms with Gasteiger partial charge in [-0.1, -0.05) is 48.6 Å². The summed E-state index contributed by atoms with van der Waals surface area (Å²) in [5.41, 5.74) is 3.83. The molecule has 1 atom stereocenters. The van der Waals surface area contributed by atoms with Gasteiger partial charge in [-0.05, 0) is 27.5 Å². The van der Waals surface area contributed by atoms with Gasteiger partial charge in [0.25, 0.3) is 0 Å². The van der Waals surface area contributed by atoms with Gasteiger partial charge in [-0.15, -0.1) is 0 Å². The summed E-state index contributed by atoms with van der Waals surface area (Å²) in [5.74, 6) is 0.215. The van der Waals surface area contributed by atoms with Gasteiger partial charge in [0.05, 0.1) is 12.5 Å². The van der Waals surface area contributed by atoms with Crippen molar-refractivity contribution in [2.24, 2.45) is 0 Å². The summed E-state index contributed by atoms with van der Waals surface area (Å²) < 4.78 is 5.37. The van der Waals surface area contributed by atoms with Crippen molar-refractivity contribution in [3.63, 3.8) is 0 Å². The number of hydrogen-bond acceptors (Lipinski definition) is 2. The van der Waals surface area contributed by atoms with Crippen molar-refractivity contribution in [1.29, 1.82) is 0 Å². The molecule has 0 amide bonds. The number of hydrogen-bond donors (Lipinski definition) is 0. The lowest BCUT2D eigenvalue weighted by Gasteiger charge is -2.22. The molecule has 5 rings (SSSR count). The number of nitrogens with zero attached hydrogens (tertiary/aromatic N) is 1. The van der Waals surface area contributed by atoms with Gasteiger partial charge in [0.15, 0.2) is 0 Å². The van der Waals surface area contributed by atoms with Crippen LogP contribution < -0.4 is 0 Å². The predicted octanol–water partition coefficient (Wildman–Crippen LogP) is 5.14. The largest absolute Gasteiger partial charge is 0.471 e. The first-order valence-electron chi connectivity index (χ1n) is 7.41. The van der Waals surface area contributed by atoms with Gasteiger partial charge in [0, 0.05) is 29.1 Å². The summed E-state index contributed by atoms with van der Waals surface area (Å²) in [6.07, 6.45) is 11.9. The Morgan fingerprint density at radius 2 is 1.77 bits per heavy atom. The van der Waals surface area contributed by atoms with Gasteiger partial charge in [-0.3, -0.25) is 4.98 Å². The first-order chi connectivity index (χ1) is 10.9. The monoisotopic (exact) mass is 283 g/mol. The molecule has 2 aromatic carbocycles. The molecule has 2 nitrogen and oxygen atoms in total. The molecule has 1 unspecified atom stereocenters. The average molecular weight is 283 g/mol. The van der Waals surface area contributed by atoms with Crippen molar-refractivity contribution in [2.75, 3.05) is 0 Å². The number of pyridine rings is 1. The van der Waals surface area contributed by atoms with Crippen molar-refractivity contribution in [2.45, 2.75) is 5.92 Å². The molecule has 0 aliphatic heterocycles. The fraction of sp³-hybridized carbons (Fsp3) is 0.0500. The first kappa shape index (κ1) is 11.8. The number of furan rings is 1. The quantitative estimate of drug-likeness (QED) is 0.483. The second-order valence-electron chi connectivity index (χ2n) is 5.73. The van der Waals surface area contributed by atoms with Gasteiger partial charge in [-0.25, -0.2) is 0 Å². The second kappa shape index (κ2) is 4.31. The maximum Gasteiger partial charge on any atom is 0.0996 e. The highest BCUT2D eigenvalue weighted by molar-refractivity contribution is 5.97. The Balaban J connectivity index is 1.83.